The van der Waals surface area contributed by atoms with E-state index < -0.39 is 10.1 Å². The molecule has 1 aromatic heterocycles. The minimum absolute atomic E-state index is 0.0713. The van der Waals surface area contributed by atoms with Gasteiger partial charge in [0.2, 0.25) is 0 Å². The zero-order valence-corrected chi connectivity index (χ0v) is 14.2. The van der Waals surface area contributed by atoms with Crippen LogP contribution in [0.15, 0.2) is 62.6 Å². The van der Waals surface area contributed by atoms with E-state index in [9.17, 15) is 13.2 Å². The minimum Gasteiger partial charge on any atom is -0.422 e. The lowest BCUT2D eigenvalue weighted by Crippen LogP contribution is -2.16. The second-order valence-electron chi connectivity index (χ2n) is 6.06. The molecule has 3 aromatic rings. The van der Waals surface area contributed by atoms with Crippen LogP contribution in [0, 0.1) is 0 Å². The average Bonchev–Trinajstić information content (AvgIpc) is 2.62. The van der Waals surface area contributed by atoms with Crippen LogP contribution in [0.3, 0.4) is 0 Å². The van der Waals surface area contributed by atoms with Crippen LogP contribution in [0.25, 0.3) is 11.0 Å². The van der Waals surface area contributed by atoms with Gasteiger partial charge in [-0.05, 0) is 55.5 Å². The Morgan fingerprint density at radius 2 is 1.64 bits per heavy atom. The summed E-state index contributed by atoms with van der Waals surface area (Å²) in [6, 6.07) is 12.7. The summed E-state index contributed by atoms with van der Waals surface area (Å²) in [5.41, 5.74) is 1.76. The number of hydrogen-bond acceptors (Lipinski definition) is 5. The van der Waals surface area contributed by atoms with Gasteiger partial charge in [-0.15, -0.1) is 0 Å². The Hall–Kier alpha value is -2.60. The van der Waals surface area contributed by atoms with Gasteiger partial charge in [-0.2, -0.15) is 8.42 Å². The third-order valence-corrected chi connectivity index (χ3v) is 5.69. The lowest BCUT2D eigenvalue weighted by molar-refractivity contribution is 0.484. The van der Waals surface area contributed by atoms with Gasteiger partial charge >= 0.3 is 15.7 Å². The minimum atomic E-state index is -3.93. The van der Waals surface area contributed by atoms with E-state index in [1.807, 2.05) is 0 Å². The molecule has 0 atom stereocenters. The summed E-state index contributed by atoms with van der Waals surface area (Å²) < 4.78 is 35.2. The van der Waals surface area contributed by atoms with Crippen molar-refractivity contribution in [1.82, 2.24) is 0 Å². The highest BCUT2D eigenvalue weighted by molar-refractivity contribution is 7.87. The van der Waals surface area contributed by atoms with E-state index in [1.165, 1.54) is 18.2 Å². The maximum Gasteiger partial charge on any atom is 0.339 e. The third-order valence-electron chi connectivity index (χ3n) is 4.43. The zero-order chi connectivity index (χ0) is 17.4. The van der Waals surface area contributed by atoms with E-state index in [-0.39, 0.29) is 16.3 Å². The van der Waals surface area contributed by atoms with Crippen LogP contribution < -0.4 is 9.81 Å². The lowest BCUT2D eigenvalue weighted by atomic mass is 9.91. The Bertz CT molecular complexity index is 1100. The molecule has 5 nitrogen and oxygen atoms in total. The van der Waals surface area contributed by atoms with Gasteiger partial charge in [0.15, 0.2) is 0 Å². The van der Waals surface area contributed by atoms with Crippen molar-refractivity contribution >= 4 is 21.1 Å². The Balaban J connectivity index is 1.76. The fraction of sp³-hybridized carbons (Fsp3) is 0.211. The molecule has 1 aliphatic rings. The summed E-state index contributed by atoms with van der Waals surface area (Å²) >= 11 is 0. The molecule has 0 saturated heterocycles. The molecule has 6 heteroatoms. The highest BCUT2D eigenvalue weighted by atomic mass is 32.2. The standard InChI is InChI=1S/C19H16O5S/c20-19-17-9-5-4-8-15(17)16-11-10-13(12-18(16)23-19)24-25(21,22)14-6-2-1-3-7-14/h1-3,6-7,10-12H,4-5,8-9H2. The highest BCUT2D eigenvalue weighted by Gasteiger charge is 2.20. The first-order chi connectivity index (χ1) is 12.0. The quantitative estimate of drug-likeness (QED) is 0.531. The molecule has 1 aliphatic carbocycles. The SMILES string of the molecule is O=c1oc2cc(OS(=O)(=O)c3ccccc3)ccc2c2c1CCCC2. The fourth-order valence-electron chi connectivity index (χ4n) is 3.24. The van der Waals surface area contributed by atoms with E-state index >= 15 is 0 Å². The number of benzene rings is 2. The van der Waals surface area contributed by atoms with Crippen LogP contribution in [0.4, 0.5) is 0 Å². The van der Waals surface area contributed by atoms with Crippen molar-refractivity contribution in [2.45, 2.75) is 30.6 Å². The van der Waals surface area contributed by atoms with Gasteiger partial charge < -0.3 is 8.60 Å². The predicted molar refractivity (Wildman–Crippen MR) is 93.4 cm³/mol. The Labute approximate surface area is 145 Å². The summed E-state index contributed by atoms with van der Waals surface area (Å²) in [5, 5.41) is 0.846. The van der Waals surface area contributed by atoms with Gasteiger partial charge in [0.1, 0.15) is 16.2 Å². The summed E-state index contributed by atoms with van der Waals surface area (Å²) in [4.78, 5) is 12.2. The first-order valence-corrected chi connectivity index (χ1v) is 9.53. The summed E-state index contributed by atoms with van der Waals surface area (Å²) in [6.45, 7) is 0. The van der Waals surface area contributed by atoms with Crippen LogP contribution in [0.5, 0.6) is 5.75 Å². The summed E-state index contributed by atoms with van der Waals surface area (Å²) in [7, 11) is -3.93. The van der Waals surface area contributed by atoms with E-state index in [0.717, 1.165) is 42.2 Å². The normalized spacial score (nSPS) is 14.2. The summed E-state index contributed by atoms with van der Waals surface area (Å²) in [6.07, 6.45) is 3.58. The molecule has 0 spiro atoms. The van der Waals surface area contributed by atoms with E-state index in [0.29, 0.717) is 5.58 Å². The summed E-state index contributed by atoms with van der Waals surface area (Å²) in [5.74, 6) is 0.121. The van der Waals surface area contributed by atoms with Crippen LogP contribution in [0.2, 0.25) is 0 Å². The second kappa shape index (κ2) is 6.04. The molecule has 4 rings (SSSR count). The largest absolute Gasteiger partial charge is 0.422 e. The highest BCUT2D eigenvalue weighted by Crippen LogP contribution is 2.30. The molecule has 0 aliphatic heterocycles. The number of rotatable bonds is 3. The second-order valence-corrected chi connectivity index (χ2v) is 7.61. The van der Waals surface area contributed by atoms with Gasteiger partial charge in [0, 0.05) is 17.0 Å². The van der Waals surface area contributed by atoms with Crippen molar-refractivity contribution < 1.29 is 17.0 Å². The van der Waals surface area contributed by atoms with E-state index in [2.05, 4.69) is 0 Å². The molecular weight excluding hydrogens is 340 g/mol. The average molecular weight is 356 g/mol. The lowest BCUT2D eigenvalue weighted by Gasteiger charge is -2.16. The van der Waals surface area contributed by atoms with Crippen molar-refractivity contribution in [3.8, 4) is 5.75 Å². The maximum absolute atomic E-state index is 12.3. The smallest absolute Gasteiger partial charge is 0.339 e. The number of fused-ring (bicyclic) bond motifs is 3. The third kappa shape index (κ3) is 2.93. The molecule has 25 heavy (non-hydrogen) atoms. The van der Waals surface area contributed by atoms with Crippen LogP contribution in [-0.2, 0) is 23.0 Å². The van der Waals surface area contributed by atoms with Crippen molar-refractivity contribution in [2.75, 3.05) is 0 Å². The number of aryl methyl sites for hydroxylation is 1. The molecule has 1 heterocycles. The molecule has 0 saturated carbocycles. The number of hydrogen-bond donors (Lipinski definition) is 0. The van der Waals surface area contributed by atoms with Crippen LogP contribution in [0.1, 0.15) is 24.0 Å². The first kappa shape index (κ1) is 15.9. The van der Waals surface area contributed by atoms with Gasteiger partial charge in [0.05, 0.1) is 0 Å². The first-order valence-electron chi connectivity index (χ1n) is 8.13. The van der Waals surface area contributed by atoms with E-state index in [1.54, 1.807) is 30.3 Å². The predicted octanol–water partition coefficient (Wildman–Crippen LogP) is 3.44. The van der Waals surface area contributed by atoms with E-state index in [4.69, 9.17) is 8.60 Å². The Morgan fingerprint density at radius 1 is 0.920 bits per heavy atom. The van der Waals surface area contributed by atoms with Crippen LogP contribution >= 0.6 is 0 Å². The van der Waals surface area contributed by atoms with Crippen molar-refractivity contribution in [3.05, 3.63) is 70.1 Å². The fourth-order valence-corrected chi connectivity index (χ4v) is 4.18. The van der Waals surface area contributed by atoms with Gasteiger partial charge in [0.25, 0.3) is 0 Å². The monoisotopic (exact) mass is 356 g/mol. The van der Waals surface area contributed by atoms with Gasteiger partial charge in [-0.3, -0.25) is 0 Å². The molecule has 0 N–H and O–H groups in total. The van der Waals surface area contributed by atoms with Crippen LogP contribution in [-0.4, -0.2) is 8.42 Å². The molecule has 0 amide bonds. The van der Waals surface area contributed by atoms with Crippen molar-refractivity contribution in [1.29, 1.82) is 0 Å². The molecule has 0 unspecified atom stereocenters. The topological polar surface area (TPSA) is 73.6 Å². The maximum atomic E-state index is 12.3. The molecule has 128 valence electrons. The van der Waals surface area contributed by atoms with Crippen molar-refractivity contribution in [3.63, 3.8) is 0 Å². The molecule has 2 aromatic carbocycles. The zero-order valence-electron chi connectivity index (χ0n) is 13.4. The van der Waals surface area contributed by atoms with Gasteiger partial charge in [-0.25, -0.2) is 4.79 Å². The molecule has 0 radical (unpaired) electrons. The molecular formula is C19H16O5S. The molecule has 0 bridgehead atoms. The Kier molecular flexibility index (Phi) is 3.84. The van der Waals surface area contributed by atoms with Gasteiger partial charge in [-0.1, -0.05) is 18.2 Å². The molecule has 0 fully saturated rings. The van der Waals surface area contributed by atoms with Crippen molar-refractivity contribution in [2.24, 2.45) is 0 Å². The Morgan fingerprint density at radius 3 is 2.40 bits per heavy atom.